The van der Waals surface area contributed by atoms with E-state index in [2.05, 4.69) is 39.2 Å². The number of nitrogens with zero attached hydrogens (tertiary/aromatic N) is 6. The van der Waals surface area contributed by atoms with Crippen molar-refractivity contribution in [3.05, 3.63) is 59.6 Å². The number of para-hydroxylation sites is 1. The fraction of sp³-hybridized carbons (Fsp3) is 0.500. The largest absolute Gasteiger partial charge is 0.369 e. The second-order valence-corrected chi connectivity index (χ2v) is 12.2. The van der Waals surface area contributed by atoms with Crippen LogP contribution in [0, 0.1) is 11.8 Å². The Morgan fingerprint density at radius 3 is 2.41 bits per heavy atom. The van der Waals surface area contributed by atoms with Crippen LogP contribution in [-0.4, -0.2) is 89.1 Å². The summed E-state index contributed by atoms with van der Waals surface area (Å²) in [7, 11) is -2.03. The molecule has 0 N–H and O–H groups in total. The molecule has 0 saturated carbocycles. The van der Waals surface area contributed by atoms with Crippen molar-refractivity contribution in [2.24, 2.45) is 18.9 Å². The highest BCUT2D eigenvalue weighted by atomic mass is 32.2. The van der Waals surface area contributed by atoms with Gasteiger partial charge in [-0.1, -0.05) is 32.0 Å². The fourth-order valence-corrected chi connectivity index (χ4v) is 6.78. The average Bonchev–Trinajstić information content (AvgIpc) is 3.50. The number of sulfonamides is 1. The Balaban J connectivity index is 1.29. The Hall–Kier alpha value is -3.18. The van der Waals surface area contributed by atoms with E-state index in [1.165, 1.54) is 5.69 Å². The monoisotopic (exact) mass is 526 g/mol. The molecule has 198 valence electrons. The summed E-state index contributed by atoms with van der Waals surface area (Å²) in [6, 6.07) is 11.6. The summed E-state index contributed by atoms with van der Waals surface area (Å²) in [4.78, 5) is 33.1. The second kappa shape index (κ2) is 9.60. The number of amides is 2. The van der Waals surface area contributed by atoms with Crippen LogP contribution < -0.4 is 4.90 Å². The third-order valence-electron chi connectivity index (χ3n) is 7.54. The lowest BCUT2D eigenvalue weighted by Crippen LogP contribution is -2.46. The van der Waals surface area contributed by atoms with Gasteiger partial charge in [0.25, 0.3) is 5.91 Å². The number of carbonyl (C=O) groups excluding carboxylic acids is 2. The first-order valence-corrected chi connectivity index (χ1v) is 14.5. The Bertz CT molecular complexity index is 1330. The summed E-state index contributed by atoms with van der Waals surface area (Å²) < 4.78 is 27.3. The number of fused-ring (bicyclic) bond motifs is 1. The van der Waals surface area contributed by atoms with Crippen molar-refractivity contribution >= 4 is 27.5 Å². The average molecular weight is 527 g/mol. The maximum atomic E-state index is 13.7. The number of aryl methyl sites for hydroxylation is 1. The summed E-state index contributed by atoms with van der Waals surface area (Å²) in [5.41, 5.74) is 2.86. The Kier molecular flexibility index (Phi) is 6.61. The van der Waals surface area contributed by atoms with Crippen LogP contribution in [0.1, 0.15) is 30.0 Å². The van der Waals surface area contributed by atoms with Gasteiger partial charge in [0.15, 0.2) is 0 Å². The Labute approximate surface area is 218 Å². The number of benzene rings is 1. The van der Waals surface area contributed by atoms with Crippen LogP contribution in [0.5, 0.6) is 0 Å². The van der Waals surface area contributed by atoms with Gasteiger partial charge in [-0.15, -0.1) is 0 Å². The van der Waals surface area contributed by atoms with Crippen molar-refractivity contribution in [3.8, 4) is 0 Å². The van der Waals surface area contributed by atoms with Gasteiger partial charge in [0, 0.05) is 52.0 Å². The first-order chi connectivity index (χ1) is 17.6. The third kappa shape index (κ3) is 4.66. The number of carbonyl (C=O) groups is 2. The molecular weight excluding hydrogens is 492 g/mol. The number of anilines is 1. The molecule has 3 aliphatic heterocycles. The summed E-state index contributed by atoms with van der Waals surface area (Å²) >= 11 is 0. The van der Waals surface area contributed by atoms with Gasteiger partial charge in [-0.2, -0.15) is 5.10 Å². The van der Waals surface area contributed by atoms with Gasteiger partial charge in [-0.25, -0.2) is 12.7 Å². The van der Waals surface area contributed by atoms with Gasteiger partial charge < -0.3 is 9.80 Å². The second-order valence-electron chi connectivity index (χ2n) is 10.4. The van der Waals surface area contributed by atoms with Crippen molar-refractivity contribution < 1.29 is 18.0 Å². The quantitative estimate of drug-likeness (QED) is 0.563. The molecule has 4 heterocycles. The lowest BCUT2D eigenvalue weighted by Gasteiger charge is -2.35. The lowest BCUT2D eigenvalue weighted by molar-refractivity contribution is -0.128. The number of hydrogen-bond donors (Lipinski definition) is 0. The van der Waals surface area contributed by atoms with E-state index in [0.717, 1.165) is 42.4 Å². The van der Waals surface area contributed by atoms with Crippen LogP contribution in [0.3, 0.4) is 0 Å². The minimum atomic E-state index is -3.78. The van der Waals surface area contributed by atoms with Gasteiger partial charge in [0.05, 0.1) is 29.6 Å². The first-order valence-electron chi connectivity index (χ1n) is 12.7. The summed E-state index contributed by atoms with van der Waals surface area (Å²) in [5.74, 6) is -1.45. The predicted octanol–water partition coefficient (Wildman–Crippen LogP) is 1.52. The number of aromatic nitrogens is 2. The number of hydrogen-bond acceptors (Lipinski definition) is 7. The summed E-state index contributed by atoms with van der Waals surface area (Å²) in [6.45, 7) is 8.31. The molecule has 0 spiro atoms. The maximum absolute atomic E-state index is 13.7. The SMILES string of the molecule is CC(C)[C@H]1C(=O)N(S(C)(=O)=O)C2=CCN(C(=O)c3cc(CN4CCN(c5ccccc5)CC4)nn3C)[C@@H]21. The highest BCUT2D eigenvalue weighted by molar-refractivity contribution is 7.89. The minimum Gasteiger partial charge on any atom is -0.369 e. The van der Waals surface area contributed by atoms with Gasteiger partial charge >= 0.3 is 0 Å². The zero-order chi connectivity index (χ0) is 26.5. The molecule has 10 nitrogen and oxygen atoms in total. The Morgan fingerprint density at radius 1 is 1.11 bits per heavy atom. The molecule has 1 aromatic carbocycles. The van der Waals surface area contributed by atoms with E-state index < -0.39 is 27.9 Å². The molecule has 0 bridgehead atoms. The van der Waals surface area contributed by atoms with E-state index in [-0.39, 0.29) is 18.4 Å². The summed E-state index contributed by atoms with van der Waals surface area (Å²) in [5, 5.41) is 4.61. The highest BCUT2D eigenvalue weighted by Crippen LogP contribution is 2.41. The van der Waals surface area contributed by atoms with E-state index in [9.17, 15) is 18.0 Å². The molecule has 2 aromatic rings. The Morgan fingerprint density at radius 2 is 1.78 bits per heavy atom. The number of rotatable bonds is 6. The van der Waals surface area contributed by atoms with E-state index >= 15 is 0 Å². The minimum absolute atomic E-state index is 0.127. The maximum Gasteiger partial charge on any atom is 0.272 e. The lowest BCUT2D eigenvalue weighted by atomic mass is 9.89. The zero-order valence-electron chi connectivity index (χ0n) is 21.7. The standard InChI is InChI=1S/C26H34N6O4S/c1-18(2)23-24-21(32(26(23)34)37(4,35)36)10-11-31(24)25(33)22-16-19(27-28(22)3)17-29-12-14-30(15-13-29)20-8-6-5-7-9-20/h5-10,16,18,23-24H,11-15,17H2,1-4H3/t23-,24+/m1/s1. The third-order valence-corrected chi connectivity index (χ3v) is 8.59. The van der Waals surface area contributed by atoms with Gasteiger partial charge in [0.2, 0.25) is 15.9 Å². The molecule has 0 unspecified atom stereocenters. The van der Waals surface area contributed by atoms with Crippen molar-refractivity contribution in [1.29, 1.82) is 0 Å². The molecule has 11 heteroatoms. The van der Waals surface area contributed by atoms with E-state index in [0.29, 0.717) is 17.9 Å². The van der Waals surface area contributed by atoms with Crippen molar-refractivity contribution in [2.75, 3.05) is 43.9 Å². The van der Waals surface area contributed by atoms with E-state index in [4.69, 9.17) is 0 Å². The molecule has 2 amide bonds. The fourth-order valence-electron chi connectivity index (χ4n) is 5.76. The molecule has 0 aliphatic carbocycles. The van der Waals surface area contributed by atoms with E-state index in [1.807, 2.05) is 26.0 Å². The number of piperazine rings is 1. The van der Waals surface area contributed by atoms with E-state index in [1.54, 1.807) is 22.7 Å². The molecule has 1 aromatic heterocycles. The van der Waals surface area contributed by atoms with Crippen LogP contribution in [0.15, 0.2) is 48.2 Å². The predicted molar refractivity (Wildman–Crippen MR) is 140 cm³/mol. The van der Waals surface area contributed by atoms with Gasteiger partial charge in [-0.3, -0.25) is 19.2 Å². The van der Waals surface area contributed by atoms with Crippen molar-refractivity contribution in [3.63, 3.8) is 0 Å². The normalized spacial score (nSPS) is 22.7. The van der Waals surface area contributed by atoms with Crippen LogP contribution in [0.25, 0.3) is 0 Å². The molecule has 37 heavy (non-hydrogen) atoms. The molecular formula is C26H34N6O4S. The van der Waals surface area contributed by atoms with Crippen LogP contribution in [0.2, 0.25) is 0 Å². The van der Waals surface area contributed by atoms with Gasteiger partial charge in [-0.05, 0) is 30.2 Å². The first kappa shape index (κ1) is 25.5. The molecule has 3 aliphatic rings. The van der Waals surface area contributed by atoms with Crippen LogP contribution in [-0.2, 0) is 28.4 Å². The topological polar surface area (TPSA) is 99.1 Å². The zero-order valence-corrected chi connectivity index (χ0v) is 22.6. The van der Waals surface area contributed by atoms with Crippen molar-refractivity contribution in [2.45, 2.75) is 26.4 Å². The molecule has 2 saturated heterocycles. The van der Waals surface area contributed by atoms with Gasteiger partial charge in [0.1, 0.15) is 5.69 Å². The molecule has 0 radical (unpaired) electrons. The smallest absolute Gasteiger partial charge is 0.272 e. The van der Waals surface area contributed by atoms with Crippen LogP contribution >= 0.6 is 0 Å². The van der Waals surface area contributed by atoms with Crippen molar-refractivity contribution in [1.82, 2.24) is 23.9 Å². The molecule has 2 fully saturated rings. The molecule has 2 atom stereocenters. The molecule has 5 rings (SSSR count). The van der Waals surface area contributed by atoms with Crippen LogP contribution in [0.4, 0.5) is 5.69 Å². The highest BCUT2D eigenvalue weighted by Gasteiger charge is 2.55. The summed E-state index contributed by atoms with van der Waals surface area (Å²) in [6.07, 6.45) is 2.72.